The summed E-state index contributed by atoms with van der Waals surface area (Å²) >= 11 is 0. The Morgan fingerprint density at radius 1 is 0.431 bits per heavy atom. The second-order valence-corrected chi connectivity index (χ2v) is 18.1. The average Bonchev–Trinajstić information content (AvgIpc) is 3.23. The van der Waals surface area contributed by atoms with E-state index < -0.39 is 18.2 Å². The monoisotopic (exact) mass is 818 g/mol. The zero-order valence-corrected chi connectivity index (χ0v) is 39.2. The SMILES string of the molecule is CCCCCCCCCCC/C=C\C/C=C\CCCCCCCCCCCC(=O)NC(CO)C(O)C(O)CCCCCCCCCCCCCCCCCCCCC. The summed E-state index contributed by atoms with van der Waals surface area (Å²) in [6.45, 7) is 4.20. The molecule has 58 heavy (non-hydrogen) atoms. The molecule has 5 heteroatoms. The van der Waals surface area contributed by atoms with Crippen LogP contribution in [0, 0.1) is 0 Å². The molecule has 3 atom stereocenters. The molecule has 0 aromatic carbocycles. The lowest BCUT2D eigenvalue weighted by Gasteiger charge is -2.26. The van der Waals surface area contributed by atoms with Gasteiger partial charge in [0, 0.05) is 6.42 Å². The zero-order valence-electron chi connectivity index (χ0n) is 39.2. The van der Waals surface area contributed by atoms with Gasteiger partial charge in [-0.15, -0.1) is 0 Å². The van der Waals surface area contributed by atoms with E-state index in [2.05, 4.69) is 43.5 Å². The zero-order chi connectivity index (χ0) is 42.3. The van der Waals surface area contributed by atoms with E-state index in [1.54, 1.807) is 0 Å². The molecule has 0 saturated carbocycles. The van der Waals surface area contributed by atoms with Crippen LogP contribution >= 0.6 is 0 Å². The van der Waals surface area contributed by atoms with Crippen molar-refractivity contribution in [1.82, 2.24) is 5.32 Å². The fourth-order valence-corrected chi connectivity index (χ4v) is 8.25. The minimum Gasteiger partial charge on any atom is -0.394 e. The first-order valence-electron chi connectivity index (χ1n) is 26.1. The number of aliphatic hydroxyl groups is 3. The van der Waals surface area contributed by atoms with Gasteiger partial charge in [-0.25, -0.2) is 0 Å². The largest absolute Gasteiger partial charge is 0.394 e. The number of allylic oxidation sites excluding steroid dienone is 4. The Balaban J connectivity index is 3.57. The fourth-order valence-electron chi connectivity index (χ4n) is 8.25. The molecule has 0 aromatic rings. The summed E-state index contributed by atoms with van der Waals surface area (Å²) in [5.41, 5.74) is 0. The van der Waals surface area contributed by atoms with Crippen LogP contribution in [0.4, 0.5) is 0 Å². The van der Waals surface area contributed by atoms with Gasteiger partial charge in [-0.05, 0) is 44.9 Å². The van der Waals surface area contributed by atoms with E-state index in [-0.39, 0.29) is 12.5 Å². The van der Waals surface area contributed by atoms with Crippen LogP contribution < -0.4 is 5.32 Å². The lowest BCUT2D eigenvalue weighted by molar-refractivity contribution is -0.124. The molecule has 0 bridgehead atoms. The van der Waals surface area contributed by atoms with E-state index in [9.17, 15) is 20.1 Å². The minimum absolute atomic E-state index is 0.145. The van der Waals surface area contributed by atoms with Crippen LogP contribution in [0.2, 0.25) is 0 Å². The van der Waals surface area contributed by atoms with Gasteiger partial charge in [-0.2, -0.15) is 0 Å². The molecule has 0 aliphatic heterocycles. The second kappa shape index (κ2) is 48.5. The molecule has 0 aliphatic carbocycles. The summed E-state index contributed by atoms with van der Waals surface area (Å²) in [6.07, 6.45) is 60.2. The Kier molecular flexibility index (Phi) is 47.5. The van der Waals surface area contributed by atoms with E-state index in [0.717, 1.165) is 44.9 Å². The van der Waals surface area contributed by atoms with Gasteiger partial charge in [0.05, 0.1) is 18.8 Å². The molecule has 0 saturated heterocycles. The first-order chi connectivity index (χ1) is 28.6. The van der Waals surface area contributed by atoms with E-state index in [4.69, 9.17) is 0 Å². The van der Waals surface area contributed by atoms with Crippen LogP contribution in [-0.2, 0) is 4.79 Å². The molecule has 0 aliphatic rings. The van der Waals surface area contributed by atoms with E-state index >= 15 is 0 Å². The number of hydrogen-bond acceptors (Lipinski definition) is 4. The van der Waals surface area contributed by atoms with Crippen LogP contribution in [0.15, 0.2) is 24.3 Å². The quantitative estimate of drug-likeness (QED) is 0.0364. The van der Waals surface area contributed by atoms with Crippen molar-refractivity contribution in [1.29, 1.82) is 0 Å². The van der Waals surface area contributed by atoms with Crippen molar-refractivity contribution in [3.8, 4) is 0 Å². The predicted molar refractivity (Wildman–Crippen MR) is 255 cm³/mol. The lowest BCUT2D eigenvalue weighted by atomic mass is 9.99. The highest BCUT2D eigenvalue weighted by atomic mass is 16.3. The Morgan fingerprint density at radius 2 is 0.741 bits per heavy atom. The van der Waals surface area contributed by atoms with Crippen LogP contribution in [0.3, 0.4) is 0 Å². The van der Waals surface area contributed by atoms with Gasteiger partial charge < -0.3 is 20.6 Å². The van der Waals surface area contributed by atoms with Crippen molar-refractivity contribution in [2.24, 2.45) is 0 Å². The third kappa shape index (κ3) is 42.9. The first kappa shape index (κ1) is 56.8. The molecule has 0 heterocycles. The van der Waals surface area contributed by atoms with Crippen LogP contribution in [0.1, 0.15) is 284 Å². The molecule has 0 rings (SSSR count). The molecule has 344 valence electrons. The Bertz CT molecular complexity index is 859. The molecule has 0 fully saturated rings. The number of unbranched alkanes of at least 4 members (excludes halogenated alkanes) is 36. The number of nitrogens with one attached hydrogen (secondary N) is 1. The summed E-state index contributed by atoms with van der Waals surface area (Å²) in [7, 11) is 0. The Hall–Kier alpha value is -1.17. The lowest BCUT2D eigenvalue weighted by Crippen LogP contribution is -2.50. The van der Waals surface area contributed by atoms with Crippen LogP contribution in [0.5, 0.6) is 0 Å². The van der Waals surface area contributed by atoms with Crippen molar-refractivity contribution in [2.45, 2.75) is 302 Å². The summed E-state index contributed by atoms with van der Waals surface area (Å²) in [4.78, 5) is 12.5. The average molecular weight is 818 g/mol. The third-order valence-corrected chi connectivity index (χ3v) is 12.3. The van der Waals surface area contributed by atoms with Gasteiger partial charge in [0.2, 0.25) is 5.91 Å². The van der Waals surface area contributed by atoms with Crippen molar-refractivity contribution in [3.05, 3.63) is 24.3 Å². The first-order valence-corrected chi connectivity index (χ1v) is 26.1. The van der Waals surface area contributed by atoms with Crippen molar-refractivity contribution in [2.75, 3.05) is 6.61 Å². The minimum atomic E-state index is -1.14. The van der Waals surface area contributed by atoms with Crippen molar-refractivity contribution < 1.29 is 20.1 Å². The number of amides is 1. The number of rotatable bonds is 48. The van der Waals surface area contributed by atoms with Gasteiger partial charge >= 0.3 is 0 Å². The van der Waals surface area contributed by atoms with E-state index in [1.165, 1.54) is 212 Å². The maximum atomic E-state index is 12.5. The molecule has 3 unspecified atom stereocenters. The van der Waals surface area contributed by atoms with E-state index in [1.807, 2.05) is 0 Å². The molecule has 4 N–H and O–H groups in total. The molecule has 5 nitrogen and oxygen atoms in total. The number of carbonyl (C=O) groups excluding carboxylic acids is 1. The van der Waals surface area contributed by atoms with E-state index in [0.29, 0.717) is 12.8 Å². The van der Waals surface area contributed by atoms with Gasteiger partial charge in [0.1, 0.15) is 6.10 Å². The summed E-state index contributed by atoms with van der Waals surface area (Å²) in [5, 5.41) is 33.7. The van der Waals surface area contributed by atoms with Crippen molar-refractivity contribution in [3.63, 3.8) is 0 Å². The van der Waals surface area contributed by atoms with Gasteiger partial charge in [-0.3, -0.25) is 4.79 Å². The van der Waals surface area contributed by atoms with Gasteiger partial charge in [0.25, 0.3) is 0 Å². The van der Waals surface area contributed by atoms with Crippen LogP contribution in [-0.4, -0.2) is 46.1 Å². The highest BCUT2D eigenvalue weighted by Gasteiger charge is 2.26. The number of carbonyl (C=O) groups is 1. The smallest absolute Gasteiger partial charge is 0.220 e. The third-order valence-electron chi connectivity index (χ3n) is 12.3. The number of aliphatic hydroxyl groups excluding tert-OH is 3. The van der Waals surface area contributed by atoms with Crippen molar-refractivity contribution >= 4 is 5.91 Å². The summed E-state index contributed by atoms with van der Waals surface area (Å²) in [6, 6.07) is -0.811. The van der Waals surface area contributed by atoms with Gasteiger partial charge in [-0.1, -0.05) is 256 Å². The molecule has 0 spiro atoms. The molecule has 0 aromatic heterocycles. The summed E-state index contributed by atoms with van der Waals surface area (Å²) < 4.78 is 0. The highest BCUT2D eigenvalue weighted by Crippen LogP contribution is 2.17. The molecular formula is C53H103NO4. The Morgan fingerprint density at radius 3 is 1.09 bits per heavy atom. The molecule has 1 amide bonds. The fraction of sp³-hybridized carbons (Fsp3) is 0.906. The number of hydrogen-bond donors (Lipinski definition) is 4. The maximum Gasteiger partial charge on any atom is 0.220 e. The second-order valence-electron chi connectivity index (χ2n) is 18.1. The topological polar surface area (TPSA) is 89.8 Å². The predicted octanol–water partition coefficient (Wildman–Crippen LogP) is 15.7. The van der Waals surface area contributed by atoms with Gasteiger partial charge in [0.15, 0.2) is 0 Å². The standard InChI is InChI=1S/C53H103NO4/c1-3-5-7-9-11-13-15-17-19-21-23-24-25-26-27-28-30-32-34-36-38-40-42-44-46-48-52(57)54-50(49-55)53(58)51(56)47-45-43-41-39-37-35-33-31-29-22-20-18-16-14-12-10-8-6-4-2/h23-24,26-27,50-51,53,55-56,58H,3-22,25,28-49H2,1-2H3,(H,54,57)/b24-23-,27-26-. The maximum absolute atomic E-state index is 12.5. The molecule has 0 radical (unpaired) electrons. The summed E-state index contributed by atoms with van der Waals surface area (Å²) in [5.74, 6) is -0.145. The molecular weight excluding hydrogens is 715 g/mol. The van der Waals surface area contributed by atoms with Crippen LogP contribution in [0.25, 0.3) is 0 Å². The highest BCUT2D eigenvalue weighted by molar-refractivity contribution is 5.76. The normalized spacial score (nSPS) is 13.5. The Labute approximate surface area is 362 Å².